The van der Waals surface area contributed by atoms with Gasteiger partial charge in [-0.15, -0.1) is 34.4 Å². The number of thioether (sulfide) groups is 1. The number of carbonyl (C=O) groups excluding carboxylic acids is 1. The summed E-state index contributed by atoms with van der Waals surface area (Å²) < 4.78 is 1.84. The predicted molar refractivity (Wildman–Crippen MR) is 120 cm³/mol. The van der Waals surface area contributed by atoms with Gasteiger partial charge in [0.1, 0.15) is 10.7 Å². The highest BCUT2D eigenvalue weighted by atomic mass is 32.2. The Morgan fingerprint density at radius 3 is 3.03 bits per heavy atom. The van der Waals surface area contributed by atoms with E-state index in [0.717, 1.165) is 28.2 Å². The molecule has 0 saturated heterocycles. The summed E-state index contributed by atoms with van der Waals surface area (Å²) in [5.74, 6) is 1.39. The van der Waals surface area contributed by atoms with Crippen LogP contribution < -0.4 is 10.9 Å². The SMILES string of the molecule is O=C(CSCc1nc2scc(-c3cccs3)c2c(=O)[nH]1)NCCCn1cccn1. The van der Waals surface area contributed by atoms with E-state index in [-0.39, 0.29) is 11.5 Å². The van der Waals surface area contributed by atoms with Crippen molar-refractivity contribution in [3.05, 3.63) is 57.5 Å². The van der Waals surface area contributed by atoms with Crippen molar-refractivity contribution in [3.8, 4) is 10.4 Å². The number of carbonyl (C=O) groups is 1. The van der Waals surface area contributed by atoms with Crippen LogP contribution in [0.3, 0.4) is 0 Å². The molecule has 0 aliphatic carbocycles. The van der Waals surface area contributed by atoms with Gasteiger partial charge in [0, 0.05) is 41.3 Å². The smallest absolute Gasteiger partial charge is 0.260 e. The van der Waals surface area contributed by atoms with E-state index in [0.29, 0.717) is 29.3 Å². The summed E-state index contributed by atoms with van der Waals surface area (Å²) >= 11 is 4.51. The summed E-state index contributed by atoms with van der Waals surface area (Å²) in [6, 6.07) is 5.85. The van der Waals surface area contributed by atoms with Gasteiger partial charge >= 0.3 is 0 Å². The minimum absolute atomic E-state index is 0.0185. The van der Waals surface area contributed by atoms with Crippen LogP contribution in [0.2, 0.25) is 0 Å². The molecule has 0 aliphatic heterocycles. The first kappa shape index (κ1) is 19.9. The van der Waals surface area contributed by atoms with Gasteiger partial charge in [0.15, 0.2) is 0 Å². The lowest BCUT2D eigenvalue weighted by molar-refractivity contribution is -0.118. The second kappa shape index (κ2) is 9.38. The highest BCUT2D eigenvalue weighted by Gasteiger charge is 2.13. The van der Waals surface area contributed by atoms with Crippen molar-refractivity contribution in [1.82, 2.24) is 25.1 Å². The van der Waals surface area contributed by atoms with E-state index in [4.69, 9.17) is 0 Å². The maximum absolute atomic E-state index is 12.6. The number of fused-ring (bicyclic) bond motifs is 1. The van der Waals surface area contributed by atoms with Crippen molar-refractivity contribution in [2.24, 2.45) is 0 Å². The Kier molecular flexibility index (Phi) is 6.43. The number of aromatic amines is 1. The normalized spacial score (nSPS) is 11.2. The largest absolute Gasteiger partial charge is 0.355 e. The molecule has 2 N–H and O–H groups in total. The summed E-state index contributed by atoms with van der Waals surface area (Å²) in [6.45, 7) is 1.39. The third-order valence-electron chi connectivity index (χ3n) is 4.20. The molecule has 29 heavy (non-hydrogen) atoms. The van der Waals surface area contributed by atoms with E-state index in [2.05, 4.69) is 20.4 Å². The fourth-order valence-corrected chi connectivity index (χ4v) is 5.37. The topological polar surface area (TPSA) is 92.7 Å². The van der Waals surface area contributed by atoms with E-state index >= 15 is 0 Å². The maximum atomic E-state index is 12.6. The zero-order valence-corrected chi connectivity index (χ0v) is 17.9. The number of hydrogen-bond acceptors (Lipinski definition) is 7. The molecule has 1 amide bonds. The van der Waals surface area contributed by atoms with E-state index in [9.17, 15) is 9.59 Å². The number of nitrogens with one attached hydrogen (secondary N) is 2. The average Bonchev–Trinajstić information content (AvgIpc) is 3.46. The zero-order valence-electron chi connectivity index (χ0n) is 15.5. The van der Waals surface area contributed by atoms with Crippen molar-refractivity contribution < 1.29 is 4.79 Å². The van der Waals surface area contributed by atoms with Gasteiger partial charge in [-0.1, -0.05) is 6.07 Å². The Morgan fingerprint density at radius 1 is 1.31 bits per heavy atom. The Hall–Kier alpha value is -2.43. The van der Waals surface area contributed by atoms with E-state index in [1.807, 2.05) is 39.8 Å². The van der Waals surface area contributed by atoms with Crippen LogP contribution in [-0.2, 0) is 17.1 Å². The number of nitrogens with zero attached hydrogens (tertiary/aromatic N) is 3. The Balaban J connectivity index is 1.27. The molecule has 4 aromatic heterocycles. The number of hydrogen-bond donors (Lipinski definition) is 2. The van der Waals surface area contributed by atoms with Crippen molar-refractivity contribution >= 4 is 50.6 Å². The molecular weight excluding hydrogens is 426 g/mol. The lowest BCUT2D eigenvalue weighted by atomic mass is 10.2. The molecular formula is C19H19N5O2S3. The highest BCUT2D eigenvalue weighted by molar-refractivity contribution is 7.99. The van der Waals surface area contributed by atoms with Crippen LogP contribution >= 0.6 is 34.4 Å². The van der Waals surface area contributed by atoms with Gasteiger partial charge in [0.05, 0.1) is 16.9 Å². The van der Waals surface area contributed by atoms with Gasteiger partial charge < -0.3 is 10.3 Å². The van der Waals surface area contributed by atoms with Crippen LogP contribution in [0, 0.1) is 0 Å². The first-order valence-corrected chi connectivity index (χ1v) is 12.0. The fourth-order valence-electron chi connectivity index (χ4n) is 2.87. The first-order valence-electron chi connectivity index (χ1n) is 9.07. The summed E-state index contributed by atoms with van der Waals surface area (Å²) in [7, 11) is 0. The third kappa shape index (κ3) is 4.95. The second-order valence-electron chi connectivity index (χ2n) is 6.28. The van der Waals surface area contributed by atoms with Crippen LogP contribution in [0.15, 0.2) is 46.1 Å². The van der Waals surface area contributed by atoms with Crippen molar-refractivity contribution in [2.75, 3.05) is 12.3 Å². The molecule has 150 valence electrons. The molecule has 10 heteroatoms. The van der Waals surface area contributed by atoms with Crippen LogP contribution in [-0.4, -0.2) is 38.0 Å². The molecule has 0 fully saturated rings. The van der Waals surface area contributed by atoms with Gasteiger partial charge in [-0.25, -0.2) is 4.98 Å². The molecule has 0 bridgehead atoms. The van der Waals surface area contributed by atoms with E-state index in [1.165, 1.54) is 23.1 Å². The molecule has 4 rings (SSSR count). The molecule has 0 aliphatic rings. The molecule has 0 radical (unpaired) electrons. The Bertz CT molecular complexity index is 1130. The lowest BCUT2D eigenvalue weighted by Gasteiger charge is -2.05. The number of thiophene rings is 2. The van der Waals surface area contributed by atoms with Gasteiger partial charge in [-0.05, 0) is 23.9 Å². The first-order chi connectivity index (χ1) is 14.2. The van der Waals surface area contributed by atoms with Gasteiger partial charge in [-0.3, -0.25) is 14.3 Å². The molecule has 0 saturated carbocycles. The molecule has 4 heterocycles. The predicted octanol–water partition coefficient (Wildman–Crippen LogP) is 3.35. The van der Waals surface area contributed by atoms with Gasteiger partial charge in [-0.2, -0.15) is 5.10 Å². The van der Waals surface area contributed by atoms with Crippen LogP contribution in [0.4, 0.5) is 0 Å². The standard InChI is InChI=1S/C19H19N5O2S3/c25-16(20-5-2-7-24-8-3-6-21-24)12-27-11-15-22-18(26)17-13(10-29-19(17)23-15)14-4-1-9-28-14/h1,3-4,6,8-10H,2,5,7,11-12H2,(H,20,25)(H,22,23,26). The molecule has 0 spiro atoms. The van der Waals surface area contributed by atoms with Gasteiger partial charge in [0.2, 0.25) is 5.91 Å². The van der Waals surface area contributed by atoms with Crippen LogP contribution in [0.25, 0.3) is 20.7 Å². The molecule has 0 atom stereocenters. The molecule has 7 nitrogen and oxygen atoms in total. The van der Waals surface area contributed by atoms with E-state index in [1.54, 1.807) is 17.5 Å². The number of H-pyrrole nitrogens is 1. The summed E-state index contributed by atoms with van der Waals surface area (Å²) in [6.07, 6.45) is 4.47. The number of aryl methyl sites for hydroxylation is 1. The van der Waals surface area contributed by atoms with Crippen molar-refractivity contribution in [2.45, 2.75) is 18.7 Å². The average molecular weight is 446 g/mol. The quantitative estimate of drug-likeness (QED) is 0.386. The maximum Gasteiger partial charge on any atom is 0.260 e. The molecule has 4 aromatic rings. The lowest BCUT2D eigenvalue weighted by Crippen LogP contribution is -2.27. The summed E-state index contributed by atoms with van der Waals surface area (Å²) in [5.41, 5.74) is 0.806. The van der Waals surface area contributed by atoms with Crippen molar-refractivity contribution in [3.63, 3.8) is 0 Å². The monoisotopic (exact) mass is 445 g/mol. The minimum atomic E-state index is -0.127. The number of aromatic nitrogens is 4. The number of rotatable bonds is 9. The fraction of sp³-hybridized carbons (Fsp3) is 0.263. The Labute approximate surface area is 179 Å². The van der Waals surface area contributed by atoms with Crippen molar-refractivity contribution in [1.29, 1.82) is 0 Å². The van der Waals surface area contributed by atoms with Gasteiger partial charge in [0.25, 0.3) is 5.56 Å². The minimum Gasteiger partial charge on any atom is -0.355 e. The Morgan fingerprint density at radius 2 is 2.24 bits per heavy atom. The summed E-state index contributed by atoms with van der Waals surface area (Å²) in [4.78, 5) is 33.8. The summed E-state index contributed by atoms with van der Waals surface area (Å²) in [5, 5.41) is 11.6. The highest BCUT2D eigenvalue weighted by Crippen LogP contribution is 2.33. The zero-order chi connectivity index (χ0) is 20.1. The van der Waals surface area contributed by atoms with E-state index < -0.39 is 0 Å². The molecule has 0 aromatic carbocycles. The second-order valence-corrected chi connectivity index (χ2v) is 9.08. The number of amides is 1. The van der Waals surface area contributed by atoms with Crippen LogP contribution in [0.5, 0.6) is 0 Å². The molecule has 0 unspecified atom stereocenters. The van der Waals surface area contributed by atoms with Crippen LogP contribution in [0.1, 0.15) is 12.2 Å². The third-order valence-corrected chi connectivity index (χ3v) is 6.92.